The number of benzene rings is 3. The normalized spacial score (nSPS) is 11.1. The molecule has 0 aliphatic carbocycles. The Kier molecular flexibility index (Phi) is 5.66. The number of ether oxygens (including phenoxy) is 1. The van der Waals surface area contributed by atoms with Gasteiger partial charge in [-0.25, -0.2) is 14.6 Å². The third kappa shape index (κ3) is 3.91. The molecular formula is C28H19N5O3S. The monoisotopic (exact) mass is 505 g/mol. The molecule has 0 radical (unpaired) electrons. The van der Waals surface area contributed by atoms with Crippen molar-refractivity contribution in [2.45, 2.75) is 0 Å². The molecule has 0 atom stereocenters. The number of fused-ring (bicyclic) bond motifs is 1. The lowest BCUT2D eigenvalue weighted by Gasteiger charge is -2.09. The standard InChI is InChI=1S/C28H19N5O3S/c1-36-26(34)22-23(19-13-7-3-8-14-19)30-32-25(22)24(20-15-9-4-10-16-20)31-33(28(32)35)27-29-21(17-37-27)18-11-5-2-6-12-18/h2-17H,1H3. The summed E-state index contributed by atoms with van der Waals surface area (Å²) >= 11 is 1.30. The average Bonchev–Trinajstić information content (AvgIpc) is 3.61. The Morgan fingerprint density at radius 2 is 1.35 bits per heavy atom. The Labute approximate surface area is 215 Å². The van der Waals surface area contributed by atoms with Crippen molar-refractivity contribution in [3.05, 3.63) is 112 Å². The van der Waals surface area contributed by atoms with Crippen molar-refractivity contribution >= 4 is 22.8 Å². The maximum absolute atomic E-state index is 13.8. The van der Waals surface area contributed by atoms with Crippen LogP contribution in [-0.2, 0) is 4.74 Å². The molecule has 3 aromatic heterocycles. The molecule has 0 unspecified atom stereocenters. The lowest BCUT2D eigenvalue weighted by atomic mass is 10.0. The summed E-state index contributed by atoms with van der Waals surface area (Å²) in [6.07, 6.45) is 0. The average molecular weight is 506 g/mol. The molecule has 0 saturated heterocycles. The van der Waals surface area contributed by atoms with Gasteiger partial charge in [0.15, 0.2) is 0 Å². The van der Waals surface area contributed by atoms with Gasteiger partial charge in [0.25, 0.3) is 0 Å². The summed E-state index contributed by atoms with van der Waals surface area (Å²) in [5, 5.41) is 11.6. The fourth-order valence-corrected chi connectivity index (χ4v) is 4.94. The molecular weight excluding hydrogens is 486 g/mol. The number of esters is 1. The minimum Gasteiger partial charge on any atom is -0.465 e. The second-order valence-electron chi connectivity index (χ2n) is 8.13. The molecule has 0 saturated carbocycles. The topological polar surface area (TPSA) is 91.4 Å². The van der Waals surface area contributed by atoms with Crippen LogP contribution in [0.2, 0.25) is 0 Å². The molecule has 0 amide bonds. The van der Waals surface area contributed by atoms with Crippen molar-refractivity contribution in [3.8, 4) is 38.9 Å². The first-order valence-corrected chi connectivity index (χ1v) is 12.3. The number of carbonyl (C=O) groups is 1. The number of methoxy groups -OCH3 is 1. The van der Waals surface area contributed by atoms with E-state index < -0.39 is 11.7 Å². The third-order valence-corrected chi connectivity index (χ3v) is 6.72. The van der Waals surface area contributed by atoms with Crippen molar-refractivity contribution in [1.82, 2.24) is 24.4 Å². The maximum atomic E-state index is 13.8. The van der Waals surface area contributed by atoms with Crippen LogP contribution in [0.3, 0.4) is 0 Å². The molecule has 8 nitrogen and oxygen atoms in total. The second kappa shape index (κ2) is 9.29. The van der Waals surface area contributed by atoms with Crippen LogP contribution in [0.15, 0.2) is 101 Å². The molecule has 6 rings (SSSR count). The van der Waals surface area contributed by atoms with Crippen molar-refractivity contribution < 1.29 is 9.53 Å². The summed E-state index contributed by atoms with van der Waals surface area (Å²) in [4.78, 5) is 31.5. The smallest absolute Gasteiger partial charge is 0.372 e. The zero-order chi connectivity index (χ0) is 25.4. The molecule has 6 aromatic rings. The quantitative estimate of drug-likeness (QED) is 0.302. The van der Waals surface area contributed by atoms with Crippen molar-refractivity contribution in [2.75, 3.05) is 7.11 Å². The lowest BCUT2D eigenvalue weighted by Crippen LogP contribution is -2.29. The summed E-state index contributed by atoms with van der Waals surface area (Å²) in [6.45, 7) is 0. The highest BCUT2D eigenvalue weighted by Crippen LogP contribution is 2.32. The first kappa shape index (κ1) is 22.6. The summed E-state index contributed by atoms with van der Waals surface area (Å²) in [5.74, 6) is -0.606. The first-order valence-electron chi connectivity index (χ1n) is 11.4. The number of thiazole rings is 1. The first-order chi connectivity index (χ1) is 18.2. The number of nitrogens with zero attached hydrogens (tertiary/aromatic N) is 5. The van der Waals surface area contributed by atoms with Crippen LogP contribution in [0.25, 0.3) is 44.4 Å². The van der Waals surface area contributed by atoms with E-state index in [-0.39, 0.29) is 11.1 Å². The Hall–Kier alpha value is -4.89. The van der Waals surface area contributed by atoms with Crippen molar-refractivity contribution in [2.24, 2.45) is 0 Å². The molecule has 3 aromatic carbocycles. The van der Waals surface area contributed by atoms with Gasteiger partial charge in [-0.05, 0) is 0 Å². The molecule has 3 heterocycles. The van der Waals surface area contributed by atoms with E-state index in [2.05, 4.69) is 10.1 Å². The van der Waals surface area contributed by atoms with Gasteiger partial charge < -0.3 is 4.74 Å². The Balaban J connectivity index is 1.67. The number of aromatic nitrogens is 5. The summed E-state index contributed by atoms with van der Waals surface area (Å²) in [7, 11) is 1.30. The number of rotatable bonds is 5. The van der Waals surface area contributed by atoms with Crippen LogP contribution in [-0.4, -0.2) is 37.5 Å². The molecule has 0 spiro atoms. The van der Waals surface area contributed by atoms with Crippen molar-refractivity contribution in [1.29, 1.82) is 0 Å². The predicted molar refractivity (Wildman–Crippen MR) is 142 cm³/mol. The molecule has 0 N–H and O–H groups in total. The van der Waals surface area contributed by atoms with E-state index in [0.717, 1.165) is 11.3 Å². The van der Waals surface area contributed by atoms with Crippen molar-refractivity contribution in [3.63, 3.8) is 0 Å². The predicted octanol–water partition coefficient (Wildman–Crippen LogP) is 5.12. The Morgan fingerprint density at radius 1 is 0.784 bits per heavy atom. The van der Waals surface area contributed by atoms with Gasteiger partial charge in [-0.15, -0.1) is 11.3 Å². The highest BCUT2D eigenvalue weighted by molar-refractivity contribution is 7.12. The van der Waals surface area contributed by atoms with Gasteiger partial charge in [0.1, 0.15) is 22.5 Å². The minimum absolute atomic E-state index is 0.174. The number of hydrogen-bond donors (Lipinski definition) is 0. The molecule has 9 heteroatoms. The molecule has 37 heavy (non-hydrogen) atoms. The molecule has 180 valence electrons. The van der Waals surface area contributed by atoms with E-state index in [0.29, 0.717) is 27.6 Å². The van der Waals surface area contributed by atoms with Gasteiger partial charge in [-0.1, -0.05) is 91.0 Å². The van der Waals surface area contributed by atoms with Crippen LogP contribution in [0.5, 0.6) is 0 Å². The fourth-order valence-electron chi connectivity index (χ4n) is 4.17. The molecule has 0 fully saturated rings. The number of carbonyl (C=O) groups excluding carboxylic acids is 1. The minimum atomic E-state index is -0.606. The zero-order valence-corrected chi connectivity index (χ0v) is 20.4. The summed E-state index contributed by atoms with van der Waals surface area (Å²) in [6, 6.07) is 28.3. The largest absolute Gasteiger partial charge is 0.465 e. The van der Waals surface area contributed by atoms with Crippen LogP contribution in [0.4, 0.5) is 0 Å². The van der Waals surface area contributed by atoms with Gasteiger partial charge in [0.2, 0.25) is 5.13 Å². The van der Waals surface area contributed by atoms with Gasteiger partial charge in [-0.3, -0.25) is 0 Å². The molecule has 0 bridgehead atoms. The van der Waals surface area contributed by atoms with E-state index in [4.69, 9.17) is 9.84 Å². The van der Waals surface area contributed by atoms with Gasteiger partial charge in [0, 0.05) is 22.1 Å². The van der Waals surface area contributed by atoms with E-state index in [1.807, 2.05) is 96.4 Å². The second-order valence-corrected chi connectivity index (χ2v) is 8.97. The fraction of sp³-hybridized carbons (Fsp3) is 0.0357. The third-order valence-electron chi connectivity index (χ3n) is 5.90. The molecule has 0 aliphatic heterocycles. The summed E-state index contributed by atoms with van der Waals surface area (Å²) < 4.78 is 7.57. The van der Waals surface area contributed by atoms with Crippen LogP contribution in [0, 0.1) is 0 Å². The van der Waals surface area contributed by atoms with Gasteiger partial charge in [-0.2, -0.15) is 19.4 Å². The highest BCUT2D eigenvalue weighted by Gasteiger charge is 2.28. The lowest BCUT2D eigenvalue weighted by molar-refractivity contribution is 0.0604. The highest BCUT2D eigenvalue weighted by atomic mass is 32.1. The van der Waals surface area contributed by atoms with E-state index in [9.17, 15) is 9.59 Å². The zero-order valence-electron chi connectivity index (χ0n) is 19.6. The Bertz CT molecular complexity index is 1790. The number of hydrogen-bond acceptors (Lipinski definition) is 7. The van der Waals surface area contributed by atoms with E-state index >= 15 is 0 Å². The van der Waals surface area contributed by atoms with Crippen LogP contribution >= 0.6 is 11.3 Å². The van der Waals surface area contributed by atoms with Crippen LogP contribution in [0.1, 0.15) is 10.4 Å². The SMILES string of the molecule is COC(=O)c1c(-c2ccccc2)nn2c(=O)n(-c3nc(-c4ccccc4)cs3)nc(-c3ccccc3)c12. The van der Waals surface area contributed by atoms with E-state index in [1.54, 1.807) is 0 Å². The summed E-state index contributed by atoms with van der Waals surface area (Å²) in [5.41, 5.74) is 3.71. The van der Waals surface area contributed by atoms with E-state index in [1.165, 1.54) is 27.6 Å². The van der Waals surface area contributed by atoms with Crippen LogP contribution < -0.4 is 5.69 Å². The van der Waals surface area contributed by atoms with Gasteiger partial charge in [0.05, 0.1) is 12.8 Å². The van der Waals surface area contributed by atoms with Gasteiger partial charge >= 0.3 is 11.7 Å². The molecule has 0 aliphatic rings. The Morgan fingerprint density at radius 3 is 1.95 bits per heavy atom. The maximum Gasteiger partial charge on any atom is 0.372 e.